The summed E-state index contributed by atoms with van der Waals surface area (Å²) < 4.78 is 13.5. The second-order valence-corrected chi connectivity index (χ2v) is 8.77. The molecule has 194 valence electrons. The van der Waals surface area contributed by atoms with Crippen molar-refractivity contribution in [1.82, 2.24) is 14.3 Å². The third-order valence-corrected chi connectivity index (χ3v) is 5.63. The summed E-state index contributed by atoms with van der Waals surface area (Å²) in [5.41, 5.74) is 0.350. The zero-order valence-electron chi connectivity index (χ0n) is 21.5. The highest BCUT2D eigenvalue weighted by Gasteiger charge is 2.11. The Balaban J connectivity index is 1.87. The maximum atomic E-state index is 12.8. The van der Waals surface area contributed by atoms with Crippen LogP contribution in [0.1, 0.15) is 71.3 Å². The van der Waals surface area contributed by atoms with Crippen LogP contribution in [0.2, 0.25) is 0 Å². The molecule has 0 fully saturated rings. The minimum atomic E-state index is -0.383. The van der Waals surface area contributed by atoms with Crippen molar-refractivity contribution in [3.05, 3.63) is 50.7 Å². The Morgan fingerprint density at radius 1 is 1.11 bits per heavy atom. The number of benzene rings is 1. The van der Waals surface area contributed by atoms with E-state index in [1.54, 1.807) is 14.0 Å². The van der Waals surface area contributed by atoms with Crippen LogP contribution in [-0.2, 0) is 29.5 Å². The van der Waals surface area contributed by atoms with Gasteiger partial charge in [0.05, 0.1) is 0 Å². The molecule has 1 atom stereocenters. The summed E-state index contributed by atoms with van der Waals surface area (Å²) in [5, 5.41) is 7.22. The first-order valence-corrected chi connectivity index (χ1v) is 12.7. The maximum Gasteiger partial charge on any atom is 0.347 e. The lowest BCUT2D eigenvalue weighted by Gasteiger charge is -2.15. The fourth-order valence-corrected chi connectivity index (χ4v) is 3.66. The summed E-state index contributed by atoms with van der Waals surface area (Å²) >= 11 is 0. The van der Waals surface area contributed by atoms with Crippen LogP contribution < -0.4 is 21.3 Å². The Morgan fingerprint density at radius 2 is 1.89 bits per heavy atom. The molecule has 0 aliphatic carbocycles. The number of hydrogen-bond acceptors (Lipinski definition) is 7. The molecule has 0 spiro atoms. The molecule has 35 heavy (non-hydrogen) atoms. The lowest BCUT2D eigenvalue weighted by molar-refractivity contribution is -0.145. The summed E-state index contributed by atoms with van der Waals surface area (Å²) in [7, 11) is 1.57. The van der Waals surface area contributed by atoms with Crippen molar-refractivity contribution >= 4 is 11.8 Å². The number of carbonyl (C=O) groups is 1. The number of carbonyl (C=O) groups excluding carboxylic acids is 1. The van der Waals surface area contributed by atoms with Gasteiger partial charge in [0.1, 0.15) is 18.5 Å². The molecule has 0 aliphatic heterocycles. The van der Waals surface area contributed by atoms with E-state index in [-0.39, 0.29) is 35.7 Å². The summed E-state index contributed by atoms with van der Waals surface area (Å²) in [4.78, 5) is 36.4. The minimum Gasteiger partial charge on any atom is -0.487 e. The van der Waals surface area contributed by atoms with Crippen molar-refractivity contribution in [2.24, 2.45) is 7.05 Å². The largest absolute Gasteiger partial charge is 0.487 e. The van der Waals surface area contributed by atoms with Gasteiger partial charge in [0.25, 0.3) is 5.56 Å². The fourth-order valence-electron chi connectivity index (χ4n) is 3.66. The lowest BCUT2D eigenvalue weighted by Crippen LogP contribution is -2.41. The van der Waals surface area contributed by atoms with Crippen LogP contribution >= 0.6 is 0 Å². The van der Waals surface area contributed by atoms with Crippen LogP contribution in [0.15, 0.2) is 33.9 Å². The first kappa shape index (κ1) is 28.1. The van der Waals surface area contributed by atoms with E-state index in [2.05, 4.69) is 17.3 Å². The number of esters is 1. The Morgan fingerprint density at radius 3 is 2.63 bits per heavy atom. The summed E-state index contributed by atoms with van der Waals surface area (Å²) in [6.45, 7) is 6.94. The number of nitrogens with zero attached hydrogens (tertiary/aromatic N) is 3. The number of ether oxygens (including phenoxy) is 2. The van der Waals surface area contributed by atoms with Crippen molar-refractivity contribution in [3.63, 3.8) is 0 Å². The predicted molar refractivity (Wildman–Crippen MR) is 137 cm³/mol. The SMILES string of the molecule is CCCCCCCn1c(=O)c(NCCCc2cccc(OC(C)COC(=O)CC)c2)nn(C)c1=O. The molecule has 9 nitrogen and oxygen atoms in total. The van der Waals surface area contributed by atoms with Crippen molar-refractivity contribution in [3.8, 4) is 5.75 Å². The molecule has 0 saturated carbocycles. The molecule has 0 bridgehead atoms. The molecule has 9 heteroatoms. The van der Waals surface area contributed by atoms with Crippen LogP contribution in [0, 0.1) is 0 Å². The molecule has 0 radical (unpaired) electrons. The number of aromatic nitrogens is 3. The number of anilines is 1. The average molecular weight is 489 g/mol. The van der Waals surface area contributed by atoms with Gasteiger partial charge in [-0.15, -0.1) is 5.10 Å². The van der Waals surface area contributed by atoms with Crippen LogP contribution in [0.5, 0.6) is 5.75 Å². The summed E-state index contributed by atoms with van der Waals surface area (Å²) in [6.07, 6.45) is 6.88. The minimum absolute atomic E-state index is 0.202. The van der Waals surface area contributed by atoms with Gasteiger partial charge in [0.2, 0.25) is 5.82 Å². The molecular formula is C26H40N4O5. The Kier molecular flexibility index (Phi) is 12.1. The Bertz CT molecular complexity index is 1050. The van der Waals surface area contributed by atoms with E-state index in [0.29, 0.717) is 19.5 Å². The number of hydrogen-bond donors (Lipinski definition) is 1. The summed E-state index contributed by atoms with van der Waals surface area (Å²) in [5.74, 6) is 0.679. The second-order valence-electron chi connectivity index (χ2n) is 8.77. The van der Waals surface area contributed by atoms with Gasteiger partial charge >= 0.3 is 11.7 Å². The highest BCUT2D eigenvalue weighted by Crippen LogP contribution is 2.16. The van der Waals surface area contributed by atoms with Gasteiger partial charge in [-0.1, -0.05) is 51.7 Å². The molecule has 0 aliphatic rings. The van der Waals surface area contributed by atoms with Gasteiger partial charge in [-0.3, -0.25) is 14.2 Å². The first-order chi connectivity index (χ1) is 16.8. The van der Waals surface area contributed by atoms with E-state index in [1.165, 1.54) is 15.7 Å². The number of nitrogens with one attached hydrogen (secondary N) is 1. The molecule has 1 aromatic heterocycles. The second kappa shape index (κ2) is 15.0. The van der Waals surface area contributed by atoms with E-state index >= 15 is 0 Å². The topological polar surface area (TPSA) is 104 Å². The van der Waals surface area contributed by atoms with Gasteiger partial charge in [-0.05, 0) is 43.9 Å². The molecular weight excluding hydrogens is 448 g/mol. The fraction of sp³-hybridized carbons (Fsp3) is 0.615. The van der Waals surface area contributed by atoms with Crippen molar-refractivity contribution < 1.29 is 14.3 Å². The normalized spacial score (nSPS) is 11.8. The van der Waals surface area contributed by atoms with E-state index in [0.717, 1.165) is 49.8 Å². The highest BCUT2D eigenvalue weighted by atomic mass is 16.6. The zero-order chi connectivity index (χ0) is 25.6. The monoisotopic (exact) mass is 488 g/mol. The molecule has 1 N–H and O–H groups in total. The quantitative estimate of drug-likeness (QED) is 0.284. The first-order valence-electron chi connectivity index (χ1n) is 12.7. The third kappa shape index (κ3) is 9.58. The van der Waals surface area contributed by atoms with Crippen LogP contribution in [0.25, 0.3) is 0 Å². The molecule has 0 amide bonds. The summed E-state index contributed by atoms with van der Waals surface area (Å²) in [6, 6.07) is 7.79. The predicted octanol–water partition coefficient (Wildman–Crippen LogP) is 3.68. The Hall–Kier alpha value is -3.10. The maximum absolute atomic E-state index is 12.8. The van der Waals surface area contributed by atoms with Gasteiger partial charge < -0.3 is 14.8 Å². The molecule has 2 rings (SSSR count). The van der Waals surface area contributed by atoms with Gasteiger partial charge in [-0.2, -0.15) is 0 Å². The van der Waals surface area contributed by atoms with E-state index < -0.39 is 0 Å². The molecule has 1 heterocycles. The highest BCUT2D eigenvalue weighted by molar-refractivity contribution is 5.68. The molecule has 2 aromatic rings. The van der Waals surface area contributed by atoms with Crippen LogP contribution in [-0.4, -0.2) is 39.6 Å². The van der Waals surface area contributed by atoms with E-state index in [1.807, 2.05) is 31.2 Å². The molecule has 1 unspecified atom stereocenters. The zero-order valence-corrected chi connectivity index (χ0v) is 21.5. The number of aryl methyl sites for hydroxylation is 2. The van der Waals surface area contributed by atoms with E-state index in [9.17, 15) is 14.4 Å². The van der Waals surface area contributed by atoms with Crippen LogP contribution in [0.3, 0.4) is 0 Å². The number of rotatable bonds is 16. The van der Waals surface area contributed by atoms with Crippen molar-refractivity contribution in [2.75, 3.05) is 18.5 Å². The van der Waals surface area contributed by atoms with Crippen molar-refractivity contribution in [1.29, 1.82) is 0 Å². The van der Waals surface area contributed by atoms with Crippen LogP contribution in [0.4, 0.5) is 5.82 Å². The van der Waals surface area contributed by atoms with Crippen molar-refractivity contribution in [2.45, 2.75) is 84.8 Å². The smallest absolute Gasteiger partial charge is 0.347 e. The third-order valence-electron chi connectivity index (χ3n) is 5.63. The van der Waals surface area contributed by atoms with Gasteiger partial charge in [0, 0.05) is 26.6 Å². The lowest BCUT2D eigenvalue weighted by atomic mass is 10.1. The Labute approximate surface area is 207 Å². The van der Waals surface area contributed by atoms with Gasteiger partial charge in [-0.25, -0.2) is 9.48 Å². The number of unbranched alkanes of at least 4 members (excludes halogenated alkanes) is 4. The van der Waals surface area contributed by atoms with Gasteiger partial charge in [0.15, 0.2) is 0 Å². The van der Waals surface area contributed by atoms with E-state index in [4.69, 9.17) is 9.47 Å². The molecule has 0 saturated heterocycles. The average Bonchev–Trinajstić information content (AvgIpc) is 2.85. The standard InChI is InChI=1S/C26H40N4O5/c1-5-7-8-9-10-17-30-25(32)24(28-29(4)26(30)33)27-16-12-14-21-13-11-15-22(18-21)35-20(3)19-34-23(31)6-2/h11,13,15,18,20H,5-10,12,14,16-17,19H2,1-4H3,(H,27,28). The molecule has 1 aromatic carbocycles.